The molecule has 0 saturated heterocycles. The molecule has 0 spiro atoms. The summed E-state index contributed by atoms with van der Waals surface area (Å²) < 4.78 is 0. The van der Waals surface area contributed by atoms with Crippen LogP contribution in [0.15, 0.2) is 131 Å². The maximum absolute atomic E-state index is 2.24. The molecule has 0 bridgehead atoms. The van der Waals surface area contributed by atoms with E-state index in [9.17, 15) is 0 Å². The second-order valence-electron chi connectivity index (χ2n) is 6.34. The molecule has 5 rings (SSSR count). The maximum Gasteiger partial charge on any atom is 0.0186 e. The van der Waals surface area contributed by atoms with Crippen LogP contribution in [-0.4, -0.2) is 0 Å². The fourth-order valence-corrected chi connectivity index (χ4v) is 4.90. The van der Waals surface area contributed by atoms with Crippen LogP contribution in [0.3, 0.4) is 0 Å². The lowest BCUT2D eigenvalue weighted by atomic mass is 10.0. The Morgan fingerprint density at radius 1 is 0.321 bits per heavy atom. The van der Waals surface area contributed by atoms with Crippen LogP contribution < -0.4 is 0 Å². The summed E-state index contributed by atoms with van der Waals surface area (Å²) in [6.45, 7) is 0. The van der Waals surface area contributed by atoms with Crippen molar-refractivity contribution in [3.8, 4) is 0 Å². The van der Waals surface area contributed by atoms with Crippen molar-refractivity contribution in [3.63, 3.8) is 0 Å². The van der Waals surface area contributed by atoms with Gasteiger partial charge < -0.3 is 0 Å². The highest BCUT2D eigenvalue weighted by atomic mass is 33.1. The van der Waals surface area contributed by atoms with Gasteiger partial charge in [0.2, 0.25) is 0 Å². The minimum atomic E-state index is 1.29. The van der Waals surface area contributed by atoms with Crippen molar-refractivity contribution in [2.75, 3.05) is 0 Å². The first-order chi connectivity index (χ1) is 13.9. The molecule has 0 aliphatic carbocycles. The Hall–Kier alpha value is -2.68. The average molecular weight is 397 g/mol. The highest BCUT2D eigenvalue weighted by molar-refractivity contribution is 8.76. The quantitative estimate of drug-likeness (QED) is 0.221. The summed E-state index contributed by atoms with van der Waals surface area (Å²) in [6.07, 6.45) is 0. The minimum Gasteiger partial charge on any atom is -0.0622 e. The van der Waals surface area contributed by atoms with E-state index >= 15 is 0 Å². The smallest absolute Gasteiger partial charge is 0.0186 e. The molecule has 0 radical (unpaired) electrons. The van der Waals surface area contributed by atoms with Crippen LogP contribution in [0.1, 0.15) is 0 Å². The SMILES string of the molecule is c1ccc(SSc2ccccc2)cc1.c1ccc2cc3ccccc3cc2c1. The third-order valence-electron chi connectivity index (χ3n) is 4.33. The second kappa shape index (κ2) is 9.50. The highest BCUT2D eigenvalue weighted by Gasteiger charge is 1.96. The van der Waals surface area contributed by atoms with E-state index < -0.39 is 0 Å². The van der Waals surface area contributed by atoms with Crippen LogP contribution in [-0.2, 0) is 0 Å². The van der Waals surface area contributed by atoms with Crippen molar-refractivity contribution in [3.05, 3.63) is 121 Å². The summed E-state index contributed by atoms with van der Waals surface area (Å²) in [5.74, 6) is 0. The molecule has 0 amide bonds. The molecule has 0 atom stereocenters. The Labute approximate surface area is 174 Å². The largest absolute Gasteiger partial charge is 0.0622 e. The van der Waals surface area contributed by atoms with Gasteiger partial charge in [0.25, 0.3) is 0 Å². The zero-order valence-corrected chi connectivity index (χ0v) is 17.0. The Balaban J connectivity index is 0.000000137. The average Bonchev–Trinajstić information content (AvgIpc) is 2.78. The maximum atomic E-state index is 2.24. The molecule has 2 heteroatoms. The van der Waals surface area contributed by atoms with Gasteiger partial charge in [-0.05, 0) is 57.9 Å². The van der Waals surface area contributed by atoms with E-state index in [1.54, 1.807) is 21.6 Å². The summed E-state index contributed by atoms with van der Waals surface area (Å²) >= 11 is 0. The van der Waals surface area contributed by atoms with E-state index in [0.29, 0.717) is 0 Å². The third-order valence-corrected chi connectivity index (χ3v) is 6.75. The number of hydrogen-bond acceptors (Lipinski definition) is 2. The standard InChI is InChI=1S/C14H10.C12H10S2/c1-2-6-12-10-14-8-4-3-7-13(14)9-11(12)5-1;1-3-7-11(8-4-1)13-14-12-9-5-2-6-10-12/h2*1-10H. The lowest BCUT2D eigenvalue weighted by molar-refractivity contribution is 1.47. The van der Waals surface area contributed by atoms with Gasteiger partial charge in [0.05, 0.1) is 0 Å². The molecule has 136 valence electrons. The lowest BCUT2D eigenvalue weighted by Gasteiger charge is -2.00. The first-order valence-corrected chi connectivity index (χ1v) is 11.4. The molecule has 0 N–H and O–H groups in total. The fraction of sp³-hybridized carbons (Fsp3) is 0. The summed E-state index contributed by atoms with van der Waals surface area (Å²) in [5.41, 5.74) is 0. The molecule has 5 aromatic carbocycles. The van der Waals surface area contributed by atoms with Gasteiger partial charge in [-0.25, -0.2) is 0 Å². The van der Waals surface area contributed by atoms with Gasteiger partial charge in [0, 0.05) is 9.79 Å². The molecule has 0 nitrogen and oxygen atoms in total. The van der Waals surface area contributed by atoms with Gasteiger partial charge in [-0.2, -0.15) is 0 Å². The van der Waals surface area contributed by atoms with Crippen LogP contribution in [0, 0.1) is 0 Å². The molecule has 0 aliphatic rings. The summed E-state index contributed by atoms with van der Waals surface area (Å²) in [5, 5.41) is 5.25. The third kappa shape index (κ3) is 4.98. The van der Waals surface area contributed by atoms with Gasteiger partial charge in [-0.3, -0.25) is 0 Å². The molecule has 0 heterocycles. The van der Waals surface area contributed by atoms with E-state index in [1.807, 2.05) is 12.1 Å². The number of hydrogen-bond donors (Lipinski definition) is 0. The van der Waals surface area contributed by atoms with E-state index in [4.69, 9.17) is 0 Å². The fourth-order valence-electron chi connectivity index (χ4n) is 2.93. The molecule has 0 aromatic heterocycles. The van der Waals surface area contributed by atoms with Crippen LogP contribution in [0.2, 0.25) is 0 Å². The minimum absolute atomic E-state index is 1.29. The molecule has 0 unspecified atom stereocenters. The number of rotatable bonds is 3. The number of benzene rings is 5. The first kappa shape index (κ1) is 18.7. The Morgan fingerprint density at radius 3 is 0.929 bits per heavy atom. The van der Waals surface area contributed by atoms with Crippen molar-refractivity contribution in [1.82, 2.24) is 0 Å². The molecule has 28 heavy (non-hydrogen) atoms. The van der Waals surface area contributed by atoms with Crippen molar-refractivity contribution < 1.29 is 0 Å². The first-order valence-electron chi connectivity index (χ1n) is 9.21. The summed E-state index contributed by atoms with van der Waals surface area (Å²) in [7, 11) is 3.58. The van der Waals surface area contributed by atoms with Crippen LogP contribution in [0.5, 0.6) is 0 Å². The van der Waals surface area contributed by atoms with Gasteiger partial charge in [0.1, 0.15) is 0 Å². The Kier molecular flexibility index (Phi) is 6.33. The topological polar surface area (TPSA) is 0 Å². The zero-order valence-electron chi connectivity index (χ0n) is 15.4. The summed E-state index contributed by atoms with van der Waals surface area (Å²) in [6, 6.07) is 42.3. The van der Waals surface area contributed by atoms with Crippen LogP contribution in [0.4, 0.5) is 0 Å². The molecule has 5 aromatic rings. The Bertz CT molecular complexity index is 1010. The van der Waals surface area contributed by atoms with Gasteiger partial charge >= 0.3 is 0 Å². The van der Waals surface area contributed by atoms with Crippen molar-refractivity contribution in [2.45, 2.75) is 9.79 Å². The monoisotopic (exact) mass is 396 g/mol. The molecule has 0 fully saturated rings. The predicted molar refractivity (Wildman–Crippen MR) is 126 cm³/mol. The molecule has 0 saturated carbocycles. The lowest BCUT2D eigenvalue weighted by Crippen LogP contribution is -1.74. The van der Waals surface area contributed by atoms with Gasteiger partial charge in [0.15, 0.2) is 0 Å². The molecular weight excluding hydrogens is 376 g/mol. The predicted octanol–water partition coefficient (Wildman–Crippen LogP) is 8.48. The number of fused-ring (bicyclic) bond motifs is 2. The van der Waals surface area contributed by atoms with Crippen LogP contribution >= 0.6 is 21.6 Å². The highest BCUT2D eigenvalue weighted by Crippen LogP contribution is 2.36. The normalized spacial score (nSPS) is 10.4. The Morgan fingerprint density at radius 2 is 0.607 bits per heavy atom. The molecular formula is C26H20S2. The van der Waals surface area contributed by atoms with E-state index in [2.05, 4.69) is 109 Å². The van der Waals surface area contributed by atoms with Crippen LogP contribution in [0.25, 0.3) is 21.5 Å². The van der Waals surface area contributed by atoms with Crippen molar-refractivity contribution >= 4 is 43.1 Å². The van der Waals surface area contributed by atoms with E-state index in [-0.39, 0.29) is 0 Å². The second-order valence-corrected chi connectivity index (χ2v) is 8.62. The van der Waals surface area contributed by atoms with Gasteiger partial charge in [-0.1, -0.05) is 107 Å². The van der Waals surface area contributed by atoms with Crippen molar-refractivity contribution in [1.29, 1.82) is 0 Å². The van der Waals surface area contributed by atoms with Crippen molar-refractivity contribution in [2.24, 2.45) is 0 Å². The van der Waals surface area contributed by atoms with E-state index in [0.717, 1.165) is 0 Å². The van der Waals surface area contributed by atoms with Gasteiger partial charge in [-0.15, -0.1) is 0 Å². The zero-order chi connectivity index (χ0) is 19.0. The summed E-state index contributed by atoms with van der Waals surface area (Å²) in [4.78, 5) is 2.59. The van der Waals surface area contributed by atoms with E-state index in [1.165, 1.54) is 31.3 Å². The molecule has 0 aliphatic heterocycles.